The number of benzene rings is 2. The van der Waals surface area contributed by atoms with Gasteiger partial charge in [0.05, 0.1) is 30.8 Å². The summed E-state index contributed by atoms with van der Waals surface area (Å²) in [6, 6.07) is 18.8. The van der Waals surface area contributed by atoms with Crippen LogP contribution in [0, 0.1) is 0 Å². The van der Waals surface area contributed by atoms with Crippen LogP contribution in [-0.2, 0) is 20.9 Å². The normalized spacial score (nSPS) is 15.5. The van der Waals surface area contributed by atoms with Crippen LogP contribution in [0.5, 0.6) is 0 Å². The van der Waals surface area contributed by atoms with Crippen LogP contribution in [0.4, 0.5) is 11.4 Å². The van der Waals surface area contributed by atoms with Crippen LogP contribution < -0.4 is 10.2 Å². The van der Waals surface area contributed by atoms with E-state index in [0.29, 0.717) is 28.6 Å². The van der Waals surface area contributed by atoms with E-state index in [1.54, 1.807) is 47.4 Å². The Labute approximate surface area is 206 Å². The standard InChI is InChI=1S/C25H23N3O4S2/c1-2-32-24(31)17-10-12-18(13-11-17)26-22(29)15-21-23(30)28(19-7-4-3-5-8-19)25(33)27(21)16-20-9-6-14-34-20/h3-14,21H,2,15-16H2,1H3,(H,26,29)/t21-/m0/s1. The van der Waals surface area contributed by atoms with Crippen molar-refractivity contribution in [3.8, 4) is 0 Å². The molecule has 9 heteroatoms. The highest BCUT2D eigenvalue weighted by atomic mass is 32.1. The van der Waals surface area contributed by atoms with Gasteiger partial charge in [-0.3, -0.25) is 14.5 Å². The maximum Gasteiger partial charge on any atom is 0.338 e. The predicted octanol–water partition coefficient (Wildman–Crippen LogP) is 4.46. The quantitative estimate of drug-likeness (QED) is 0.369. The largest absolute Gasteiger partial charge is 0.462 e. The molecule has 1 aliphatic heterocycles. The van der Waals surface area contributed by atoms with E-state index in [-0.39, 0.29) is 24.8 Å². The zero-order valence-electron chi connectivity index (χ0n) is 18.5. The minimum Gasteiger partial charge on any atom is -0.462 e. The van der Waals surface area contributed by atoms with E-state index in [9.17, 15) is 14.4 Å². The van der Waals surface area contributed by atoms with Gasteiger partial charge in [0.1, 0.15) is 6.04 Å². The third kappa shape index (κ3) is 5.16. The lowest BCUT2D eigenvalue weighted by Crippen LogP contribution is -2.37. The molecule has 2 heterocycles. The molecule has 1 N–H and O–H groups in total. The molecule has 34 heavy (non-hydrogen) atoms. The first-order valence-corrected chi connectivity index (χ1v) is 12.1. The van der Waals surface area contributed by atoms with Crippen molar-refractivity contribution in [2.24, 2.45) is 0 Å². The van der Waals surface area contributed by atoms with Gasteiger partial charge in [-0.1, -0.05) is 24.3 Å². The molecule has 1 aliphatic rings. The summed E-state index contributed by atoms with van der Waals surface area (Å²) in [5.41, 5.74) is 1.60. The molecule has 0 radical (unpaired) electrons. The number of hydrogen-bond donors (Lipinski definition) is 1. The second-order valence-electron chi connectivity index (χ2n) is 7.56. The molecule has 2 aromatic carbocycles. The summed E-state index contributed by atoms with van der Waals surface area (Å²) in [5, 5.41) is 5.15. The molecule has 0 aliphatic carbocycles. The van der Waals surface area contributed by atoms with Crippen molar-refractivity contribution in [1.82, 2.24) is 4.90 Å². The van der Waals surface area contributed by atoms with Gasteiger partial charge in [0, 0.05) is 10.6 Å². The number of hydrogen-bond acceptors (Lipinski definition) is 6. The Morgan fingerprint density at radius 2 is 1.79 bits per heavy atom. The number of carbonyl (C=O) groups is 3. The number of nitrogens with one attached hydrogen (secondary N) is 1. The summed E-state index contributed by atoms with van der Waals surface area (Å²) in [4.78, 5) is 42.5. The lowest BCUT2D eigenvalue weighted by atomic mass is 10.1. The Kier molecular flexibility index (Phi) is 7.34. The van der Waals surface area contributed by atoms with E-state index in [4.69, 9.17) is 17.0 Å². The van der Waals surface area contributed by atoms with Crippen LogP contribution in [0.25, 0.3) is 0 Å². The highest BCUT2D eigenvalue weighted by Gasteiger charge is 2.44. The zero-order chi connectivity index (χ0) is 24.1. The summed E-state index contributed by atoms with van der Waals surface area (Å²) in [5.74, 6) is -0.979. The van der Waals surface area contributed by atoms with E-state index in [1.807, 2.05) is 47.8 Å². The van der Waals surface area contributed by atoms with Crippen molar-refractivity contribution in [3.05, 3.63) is 82.6 Å². The van der Waals surface area contributed by atoms with Crippen LogP contribution in [0.2, 0.25) is 0 Å². The highest BCUT2D eigenvalue weighted by molar-refractivity contribution is 7.80. The van der Waals surface area contributed by atoms with Crippen molar-refractivity contribution in [2.75, 3.05) is 16.8 Å². The first-order valence-electron chi connectivity index (χ1n) is 10.8. The molecule has 0 unspecified atom stereocenters. The van der Waals surface area contributed by atoms with Gasteiger partial charge >= 0.3 is 5.97 Å². The summed E-state index contributed by atoms with van der Waals surface area (Å²) in [6.45, 7) is 2.47. The minimum absolute atomic E-state index is 0.0622. The fourth-order valence-electron chi connectivity index (χ4n) is 3.69. The maximum absolute atomic E-state index is 13.4. The maximum atomic E-state index is 13.4. The van der Waals surface area contributed by atoms with E-state index in [0.717, 1.165) is 4.88 Å². The Morgan fingerprint density at radius 1 is 1.06 bits per heavy atom. The summed E-state index contributed by atoms with van der Waals surface area (Å²) in [7, 11) is 0. The number of para-hydroxylation sites is 1. The van der Waals surface area contributed by atoms with Crippen LogP contribution in [0.3, 0.4) is 0 Å². The van der Waals surface area contributed by atoms with Crippen LogP contribution in [0.1, 0.15) is 28.6 Å². The SMILES string of the molecule is CCOC(=O)c1ccc(NC(=O)C[C@H]2C(=O)N(c3ccccc3)C(=S)N2Cc2cccs2)cc1. The molecule has 1 atom stereocenters. The molecule has 7 nitrogen and oxygen atoms in total. The average Bonchev–Trinajstić information content (AvgIpc) is 3.43. The van der Waals surface area contributed by atoms with E-state index >= 15 is 0 Å². The smallest absolute Gasteiger partial charge is 0.338 e. The van der Waals surface area contributed by atoms with Crippen molar-refractivity contribution < 1.29 is 19.1 Å². The van der Waals surface area contributed by atoms with Crippen LogP contribution in [-0.4, -0.2) is 40.4 Å². The van der Waals surface area contributed by atoms with Gasteiger partial charge in [-0.2, -0.15) is 0 Å². The van der Waals surface area contributed by atoms with Crippen molar-refractivity contribution in [2.45, 2.75) is 25.9 Å². The number of carbonyl (C=O) groups excluding carboxylic acids is 3. The lowest BCUT2D eigenvalue weighted by molar-refractivity contribution is -0.124. The summed E-state index contributed by atoms with van der Waals surface area (Å²) >= 11 is 7.25. The zero-order valence-corrected chi connectivity index (χ0v) is 20.1. The van der Waals surface area contributed by atoms with Gasteiger partial charge in [-0.15, -0.1) is 11.3 Å². The first kappa shape index (κ1) is 23.6. The van der Waals surface area contributed by atoms with Crippen LogP contribution in [0.15, 0.2) is 72.1 Å². The van der Waals surface area contributed by atoms with Crippen molar-refractivity contribution >= 4 is 57.8 Å². The van der Waals surface area contributed by atoms with Gasteiger partial charge in [-0.25, -0.2) is 4.79 Å². The third-order valence-corrected chi connectivity index (χ3v) is 6.58. The van der Waals surface area contributed by atoms with E-state index in [1.165, 1.54) is 4.90 Å². The number of amides is 2. The van der Waals surface area contributed by atoms with Crippen LogP contribution >= 0.6 is 23.6 Å². The number of esters is 1. The fourth-order valence-corrected chi connectivity index (χ4v) is 4.78. The topological polar surface area (TPSA) is 78.9 Å². The Balaban J connectivity index is 1.50. The second kappa shape index (κ2) is 10.6. The molecule has 1 aromatic heterocycles. The molecule has 174 valence electrons. The van der Waals surface area contributed by atoms with Gasteiger partial charge in [0.15, 0.2) is 5.11 Å². The van der Waals surface area contributed by atoms with E-state index in [2.05, 4.69) is 5.32 Å². The number of rotatable bonds is 8. The Hall–Kier alpha value is -3.56. The Morgan fingerprint density at radius 3 is 2.44 bits per heavy atom. The summed E-state index contributed by atoms with van der Waals surface area (Å²) in [6.07, 6.45) is -0.0622. The number of thiophene rings is 1. The van der Waals surface area contributed by atoms with Gasteiger partial charge < -0.3 is 15.0 Å². The van der Waals surface area contributed by atoms with Gasteiger partial charge in [-0.05, 0) is 67.0 Å². The lowest BCUT2D eigenvalue weighted by Gasteiger charge is -2.23. The molecule has 0 bridgehead atoms. The summed E-state index contributed by atoms with van der Waals surface area (Å²) < 4.78 is 4.98. The molecular weight excluding hydrogens is 470 g/mol. The fraction of sp³-hybridized carbons (Fsp3) is 0.200. The second-order valence-corrected chi connectivity index (χ2v) is 8.96. The number of nitrogens with zero attached hydrogens (tertiary/aromatic N) is 2. The average molecular weight is 494 g/mol. The molecule has 2 amide bonds. The highest BCUT2D eigenvalue weighted by Crippen LogP contribution is 2.29. The molecule has 3 aromatic rings. The first-order chi connectivity index (χ1) is 16.5. The Bertz CT molecular complexity index is 1180. The molecule has 0 saturated carbocycles. The number of thiocarbonyl (C=S) groups is 1. The molecular formula is C25H23N3O4S2. The van der Waals surface area contributed by atoms with Crippen molar-refractivity contribution in [1.29, 1.82) is 0 Å². The monoisotopic (exact) mass is 493 g/mol. The van der Waals surface area contributed by atoms with E-state index < -0.39 is 12.0 Å². The molecule has 1 saturated heterocycles. The third-order valence-electron chi connectivity index (χ3n) is 5.30. The van der Waals surface area contributed by atoms with Gasteiger partial charge in [0.2, 0.25) is 5.91 Å². The minimum atomic E-state index is -0.728. The molecule has 1 fully saturated rings. The number of anilines is 2. The molecule has 0 spiro atoms. The molecule has 4 rings (SSSR count). The van der Waals surface area contributed by atoms with Gasteiger partial charge in [0.25, 0.3) is 5.91 Å². The van der Waals surface area contributed by atoms with Crippen molar-refractivity contribution in [3.63, 3.8) is 0 Å². The number of ether oxygens (including phenoxy) is 1. The predicted molar refractivity (Wildman–Crippen MR) is 136 cm³/mol.